The van der Waals surface area contributed by atoms with E-state index in [2.05, 4.69) is 43.8 Å². The number of ether oxygens (including phenoxy) is 2. The lowest BCUT2D eigenvalue weighted by molar-refractivity contribution is -0.122. The smallest absolute Gasteiger partial charge is 0.335 e. The molecule has 36 heavy (non-hydrogen) atoms. The molecule has 9 heteroatoms. The Bertz CT molecular complexity index is 1370. The quantitative estimate of drug-likeness (QED) is 0.195. The summed E-state index contributed by atoms with van der Waals surface area (Å²) in [6.45, 7) is 2.34. The first-order valence-electron chi connectivity index (χ1n) is 11.1. The zero-order chi connectivity index (χ0) is 25.8. The Morgan fingerprint density at radius 1 is 1.06 bits per heavy atom. The fraction of sp³-hybridized carbons (Fsp3) is 0.148. The van der Waals surface area contributed by atoms with Crippen LogP contribution in [0.4, 0.5) is 10.5 Å². The van der Waals surface area contributed by atoms with Crippen LogP contribution in [0.25, 0.3) is 6.08 Å². The highest BCUT2D eigenvalue weighted by Gasteiger charge is 2.36. The maximum Gasteiger partial charge on any atom is 0.335 e. The number of methoxy groups -OCH3 is 1. The van der Waals surface area contributed by atoms with Gasteiger partial charge in [-0.3, -0.25) is 14.9 Å². The lowest BCUT2D eigenvalue weighted by atomic mass is 10.1. The third kappa shape index (κ3) is 5.46. The summed E-state index contributed by atoms with van der Waals surface area (Å²) in [5.74, 6) is -0.457. The number of imide groups is 2. The number of urea groups is 1. The molecule has 0 aromatic heterocycles. The second-order valence-electron chi connectivity index (χ2n) is 7.89. The summed E-state index contributed by atoms with van der Waals surface area (Å²) in [5, 5.41) is 2.25. The second kappa shape index (κ2) is 11.3. The molecule has 4 amide bonds. The van der Waals surface area contributed by atoms with E-state index in [0.717, 1.165) is 30.5 Å². The summed E-state index contributed by atoms with van der Waals surface area (Å²) in [6.07, 6.45) is 2.27. The van der Waals surface area contributed by atoms with Gasteiger partial charge in [-0.2, -0.15) is 0 Å². The number of benzene rings is 3. The van der Waals surface area contributed by atoms with Crippen molar-refractivity contribution in [3.05, 3.63) is 91.0 Å². The van der Waals surface area contributed by atoms with Crippen molar-refractivity contribution in [3.8, 4) is 11.5 Å². The van der Waals surface area contributed by atoms with Gasteiger partial charge >= 0.3 is 6.03 Å². The van der Waals surface area contributed by atoms with Crippen molar-refractivity contribution in [3.63, 3.8) is 0 Å². The summed E-state index contributed by atoms with van der Waals surface area (Å²) in [4.78, 5) is 39.2. The molecule has 184 valence electrons. The van der Waals surface area contributed by atoms with E-state index in [0.29, 0.717) is 29.4 Å². The second-order valence-corrected chi connectivity index (χ2v) is 9.91. The number of nitrogens with zero attached hydrogens (tertiary/aromatic N) is 1. The lowest BCUT2D eigenvalue weighted by Gasteiger charge is -2.26. The maximum absolute atomic E-state index is 13.2. The fourth-order valence-corrected chi connectivity index (χ4v) is 4.85. The van der Waals surface area contributed by atoms with Gasteiger partial charge in [0.1, 0.15) is 12.2 Å². The third-order valence-corrected chi connectivity index (χ3v) is 7.17. The van der Waals surface area contributed by atoms with E-state index >= 15 is 0 Å². The Morgan fingerprint density at radius 3 is 2.44 bits per heavy atom. The highest BCUT2D eigenvalue weighted by atomic mass is 127. The van der Waals surface area contributed by atoms with E-state index < -0.39 is 17.8 Å². The molecule has 0 atom stereocenters. The monoisotopic (exact) mass is 660 g/mol. The largest absolute Gasteiger partial charge is 0.493 e. The Labute approximate surface area is 230 Å². The minimum atomic E-state index is -0.783. The number of rotatable bonds is 7. The van der Waals surface area contributed by atoms with E-state index in [4.69, 9.17) is 9.47 Å². The van der Waals surface area contributed by atoms with Gasteiger partial charge in [0.05, 0.1) is 16.4 Å². The van der Waals surface area contributed by atoms with Crippen molar-refractivity contribution in [2.24, 2.45) is 0 Å². The van der Waals surface area contributed by atoms with Crippen LogP contribution in [0.15, 0.2) is 70.7 Å². The van der Waals surface area contributed by atoms with Gasteiger partial charge in [0.2, 0.25) is 0 Å². The van der Waals surface area contributed by atoms with Gasteiger partial charge in [-0.25, -0.2) is 9.69 Å². The van der Waals surface area contributed by atoms with Crippen LogP contribution in [-0.4, -0.2) is 25.0 Å². The molecule has 0 spiro atoms. The summed E-state index contributed by atoms with van der Waals surface area (Å²) >= 11 is 5.63. The van der Waals surface area contributed by atoms with Crippen LogP contribution in [0, 0.1) is 3.57 Å². The molecule has 4 rings (SSSR count). The van der Waals surface area contributed by atoms with Crippen LogP contribution in [0.3, 0.4) is 0 Å². The molecule has 0 unspecified atom stereocenters. The van der Waals surface area contributed by atoms with Gasteiger partial charge in [0.25, 0.3) is 11.8 Å². The minimum Gasteiger partial charge on any atom is -0.493 e. The minimum absolute atomic E-state index is 0.158. The van der Waals surface area contributed by atoms with Crippen molar-refractivity contribution in [2.75, 3.05) is 12.0 Å². The Morgan fingerprint density at radius 2 is 1.78 bits per heavy atom. The fourth-order valence-electron chi connectivity index (χ4n) is 3.67. The van der Waals surface area contributed by atoms with E-state index in [1.807, 2.05) is 43.3 Å². The molecule has 1 aliphatic rings. The zero-order valence-electron chi connectivity index (χ0n) is 19.5. The SMILES string of the molecule is CCc1ccc(N2C(=O)NC(=O)/C(=C\c3cc(I)c(OCc4ccccc4Br)c(OC)c3)C2=O)cc1. The van der Waals surface area contributed by atoms with E-state index in [1.165, 1.54) is 13.2 Å². The van der Waals surface area contributed by atoms with Crippen LogP contribution in [-0.2, 0) is 22.6 Å². The van der Waals surface area contributed by atoms with Crippen molar-refractivity contribution in [1.82, 2.24) is 5.32 Å². The van der Waals surface area contributed by atoms with Gasteiger partial charge in [-0.15, -0.1) is 0 Å². The van der Waals surface area contributed by atoms with E-state index in [1.54, 1.807) is 24.3 Å². The van der Waals surface area contributed by atoms with Crippen LogP contribution >= 0.6 is 38.5 Å². The predicted molar refractivity (Wildman–Crippen MR) is 149 cm³/mol. The Hall–Kier alpha value is -3.18. The number of amides is 4. The Balaban J connectivity index is 1.64. The number of hydrogen-bond donors (Lipinski definition) is 1. The molecule has 1 saturated heterocycles. The molecule has 1 aliphatic heterocycles. The number of barbiturate groups is 1. The number of nitrogens with one attached hydrogen (secondary N) is 1. The molecule has 1 N–H and O–H groups in total. The first kappa shape index (κ1) is 25.9. The summed E-state index contributed by atoms with van der Waals surface area (Å²) in [7, 11) is 1.52. The van der Waals surface area contributed by atoms with Crippen LogP contribution < -0.4 is 19.7 Å². The number of aryl methyl sites for hydroxylation is 1. The average molecular weight is 661 g/mol. The number of carbonyl (C=O) groups excluding carboxylic acids is 3. The van der Waals surface area contributed by atoms with Crippen LogP contribution in [0.1, 0.15) is 23.6 Å². The Kier molecular flexibility index (Phi) is 8.10. The number of anilines is 1. The number of halogens is 2. The van der Waals surface area contributed by atoms with Gasteiger partial charge in [0, 0.05) is 10.0 Å². The number of hydrogen-bond acceptors (Lipinski definition) is 5. The van der Waals surface area contributed by atoms with Gasteiger partial charge in [-0.1, -0.05) is 53.2 Å². The highest BCUT2D eigenvalue weighted by molar-refractivity contribution is 14.1. The topological polar surface area (TPSA) is 84.9 Å². The first-order valence-corrected chi connectivity index (χ1v) is 12.9. The predicted octanol–water partition coefficient (Wildman–Crippen LogP) is 5.87. The van der Waals surface area contributed by atoms with E-state index in [9.17, 15) is 14.4 Å². The molecule has 0 aliphatic carbocycles. The average Bonchev–Trinajstić information content (AvgIpc) is 2.86. The molecule has 3 aromatic rings. The van der Waals surface area contributed by atoms with Gasteiger partial charge < -0.3 is 9.47 Å². The summed E-state index contributed by atoms with van der Waals surface area (Å²) in [6, 6.07) is 17.5. The first-order chi connectivity index (χ1) is 17.3. The lowest BCUT2D eigenvalue weighted by Crippen LogP contribution is -2.54. The van der Waals surface area contributed by atoms with Crippen molar-refractivity contribution in [2.45, 2.75) is 20.0 Å². The molecular formula is C27H22BrIN2O5. The van der Waals surface area contributed by atoms with Gasteiger partial charge in [-0.05, 0) is 76.5 Å². The van der Waals surface area contributed by atoms with Crippen molar-refractivity contribution < 1.29 is 23.9 Å². The highest BCUT2D eigenvalue weighted by Crippen LogP contribution is 2.36. The van der Waals surface area contributed by atoms with Crippen LogP contribution in [0.5, 0.6) is 11.5 Å². The molecule has 3 aromatic carbocycles. The van der Waals surface area contributed by atoms with Crippen molar-refractivity contribution in [1.29, 1.82) is 0 Å². The van der Waals surface area contributed by atoms with E-state index in [-0.39, 0.29) is 5.57 Å². The standard InChI is InChI=1S/C27H22BrIN2O5/c1-3-16-8-10-19(11-9-16)31-26(33)20(25(32)30-27(31)34)12-17-13-22(29)24(23(14-17)35-2)36-15-18-6-4-5-7-21(18)28/h4-14H,3,15H2,1-2H3,(H,30,32,34)/b20-12+. The molecule has 1 heterocycles. The molecule has 0 radical (unpaired) electrons. The maximum atomic E-state index is 13.2. The summed E-state index contributed by atoms with van der Waals surface area (Å²) < 4.78 is 13.2. The summed E-state index contributed by atoms with van der Waals surface area (Å²) in [5.41, 5.74) is 2.82. The number of carbonyl (C=O) groups is 3. The van der Waals surface area contributed by atoms with Crippen LogP contribution in [0.2, 0.25) is 0 Å². The molecule has 0 saturated carbocycles. The molecular weight excluding hydrogens is 639 g/mol. The zero-order valence-corrected chi connectivity index (χ0v) is 23.3. The molecule has 7 nitrogen and oxygen atoms in total. The van der Waals surface area contributed by atoms with Crippen molar-refractivity contribution >= 4 is 68.1 Å². The third-order valence-electron chi connectivity index (χ3n) is 5.60. The molecule has 1 fully saturated rings. The van der Waals surface area contributed by atoms with Gasteiger partial charge in [0.15, 0.2) is 11.5 Å². The normalized spacial score (nSPS) is 14.7. The molecule has 0 bridgehead atoms.